The Labute approximate surface area is 129 Å². The van der Waals surface area contributed by atoms with Crippen molar-refractivity contribution in [3.05, 3.63) is 28.8 Å². The molecule has 0 aliphatic heterocycles. The highest BCUT2D eigenvalue weighted by atomic mass is 35.5. The Morgan fingerprint density at radius 2 is 2.05 bits per heavy atom. The minimum atomic E-state index is -0.196. The van der Waals surface area contributed by atoms with E-state index in [9.17, 15) is 4.79 Å². The summed E-state index contributed by atoms with van der Waals surface area (Å²) in [6, 6.07) is 5.51. The number of hydrogen-bond donors (Lipinski definition) is 0. The number of methoxy groups -OCH3 is 1. The minimum Gasteiger partial charge on any atom is -0.382 e. The van der Waals surface area contributed by atoms with Gasteiger partial charge in [-0.15, -0.1) is 11.6 Å². The van der Waals surface area contributed by atoms with Crippen molar-refractivity contribution >= 4 is 34.8 Å². The molecule has 0 aromatic heterocycles. The zero-order valence-corrected chi connectivity index (χ0v) is 13.2. The second-order valence-electron chi connectivity index (χ2n) is 4.19. The second kappa shape index (κ2) is 9.19. The summed E-state index contributed by atoms with van der Waals surface area (Å²) < 4.78 is 10.3. The van der Waals surface area contributed by atoms with E-state index < -0.39 is 0 Å². The molecule has 0 heterocycles. The number of nitrogens with zero attached hydrogens (tertiary/aromatic N) is 1. The van der Waals surface area contributed by atoms with Crippen LogP contribution in [0, 0.1) is 6.92 Å². The van der Waals surface area contributed by atoms with Gasteiger partial charge in [0.2, 0.25) is 5.91 Å². The lowest BCUT2D eigenvalue weighted by Gasteiger charge is -2.24. The highest BCUT2D eigenvalue weighted by molar-refractivity contribution is 6.35. The van der Waals surface area contributed by atoms with E-state index in [2.05, 4.69) is 0 Å². The highest BCUT2D eigenvalue weighted by Gasteiger charge is 2.19. The first kappa shape index (κ1) is 17.2. The molecule has 0 saturated heterocycles. The van der Waals surface area contributed by atoms with Crippen molar-refractivity contribution in [1.82, 2.24) is 0 Å². The number of alkyl halides is 1. The van der Waals surface area contributed by atoms with Crippen LogP contribution in [0.25, 0.3) is 0 Å². The average molecular weight is 320 g/mol. The normalized spacial score (nSPS) is 10.6. The fourth-order valence-corrected chi connectivity index (χ4v) is 2.27. The number of para-hydroxylation sites is 1. The first-order valence-electron chi connectivity index (χ1n) is 6.30. The van der Waals surface area contributed by atoms with Gasteiger partial charge in [0.1, 0.15) is 5.88 Å². The average Bonchev–Trinajstić information content (AvgIpc) is 2.44. The molecule has 6 heteroatoms. The van der Waals surface area contributed by atoms with Crippen molar-refractivity contribution < 1.29 is 14.3 Å². The van der Waals surface area contributed by atoms with Crippen molar-refractivity contribution in [3.63, 3.8) is 0 Å². The summed E-state index contributed by atoms with van der Waals surface area (Å²) in [4.78, 5) is 13.6. The van der Waals surface area contributed by atoms with Gasteiger partial charge in [0.15, 0.2) is 0 Å². The van der Waals surface area contributed by atoms with Gasteiger partial charge < -0.3 is 14.4 Å². The molecule has 112 valence electrons. The van der Waals surface area contributed by atoms with Crippen LogP contribution < -0.4 is 4.90 Å². The van der Waals surface area contributed by atoms with Crippen molar-refractivity contribution in [2.24, 2.45) is 0 Å². The van der Waals surface area contributed by atoms with Crippen molar-refractivity contribution in [2.45, 2.75) is 6.92 Å². The summed E-state index contributed by atoms with van der Waals surface area (Å²) in [5, 5.41) is 0.528. The van der Waals surface area contributed by atoms with Crippen LogP contribution in [0.2, 0.25) is 5.02 Å². The van der Waals surface area contributed by atoms with Crippen molar-refractivity contribution in [2.75, 3.05) is 44.3 Å². The zero-order chi connectivity index (χ0) is 15.0. The Morgan fingerprint density at radius 1 is 1.30 bits per heavy atom. The number of anilines is 1. The zero-order valence-electron chi connectivity index (χ0n) is 11.7. The first-order chi connectivity index (χ1) is 9.61. The SMILES string of the molecule is COCCOCCN(C(=O)CCl)c1c(C)cccc1Cl. The number of carbonyl (C=O) groups is 1. The summed E-state index contributed by atoms with van der Waals surface area (Å²) in [6.45, 7) is 3.72. The fourth-order valence-electron chi connectivity index (χ4n) is 1.80. The quantitative estimate of drug-likeness (QED) is 0.546. The van der Waals surface area contributed by atoms with Crippen LogP contribution in [0.15, 0.2) is 18.2 Å². The maximum Gasteiger partial charge on any atom is 0.242 e. The predicted octanol–water partition coefficient (Wildman–Crippen LogP) is 2.88. The Morgan fingerprint density at radius 3 is 2.65 bits per heavy atom. The maximum atomic E-state index is 12.0. The van der Waals surface area contributed by atoms with E-state index in [1.165, 1.54) is 0 Å². The van der Waals surface area contributed by atoms with E-state index in [-0.39, 0.29) is 11.8 Å². The number of rotatable bonds is 8. The number of aryl methyl sites for hydroxylation is 1. The van der Waals surface area contributed by atoms with E-state index in [4.69, 9.17) is 32.7 Å². The van der Waals surface area contributed by atoms with Crippen molar-refractivity contribution in [1.29, 1.82) is 0 Å². The molecule has 0 atom stereocenters. The van der Waals surface area contributed by atoms with Crippen LogP contribution in [0.4, 0.5) is 5.69 Å². The molecule has 1 aromatic carbocycles. The van der Waals surface area contributed by atoms with E-state index in [0.717, 1.165) is 5.56 Å². The fraction of sp³-hybridized carbons (Fsp3) is 0.500. The van der Waals surface area contributed by atoms with Gasteiger partial charge in [0.25, 0.3) is 0 Å². The minimum absolute atomic E-state index is 0.0945. The molecular formula is C14H19Cl2NO3. The largest absolute Gasteiger partial charge is 0.382 e. The van der Waals surface area contributed by atoms with E-state index in [1.54, 1.807) is 18.1 Å². The Kier molecular flexibility index (Phi) is 7.92. The number of carbonyl (C=O) groups excluding carboxylic acids is 1. The molecule has 0 bridgehead atoms. The third-order valence-corrected chi connectivity index (χ3v) is 3.30. The molecule has 1 amide bonds. The Hall–Kier alpha value is -0.810. The molecule has 0 unspecified atom stereocenters. The van der Waals surface area contributed by atoms with Crippen LogP contribution in [0.3, 0.4) is 0 Å². The van der Waals surface area contributed by atoms with Gasteiger partial charge >= 0.3 is 0 Å². The molecule has 1 rings (SSSR count). The van der Waals surface area contributed by atoms with Gasteiger partial charge in [-0.2, -0.15) is 0 Å². The summed E-state index contributed by atoms with van der Waals surface area (Å²) in [5.74, 6) is -0.291. The van der Waals surface area contributed by atoms with Crippen LogP contribution in [-0.4, -0.2) is 45.3 Å². The molecule has 0 N–H and O–H groups in total. The molecular weight excluding hydrogens is 301 g/mol. The van der Waals surface area contributed by atoms with Gasteiger partial charge in [-0.3, -0.25) is 4.79 Å². The van der Waals surface area contributed by atoms with Crippen LogP contribution >= 0.6 is 23.2 Å². The molecule has 0 spiro atoms. The van der Waals surface area contributed by atoms with Gasteiger partial charge in [-0.05, 0) is 18.6 Å². The highest BCUT2D eigenvalue weighted by Crippen LogP contribution is 2.29. The molecule has 0 radical (unpaired) electrons. The molecule has 0 fully saturated rings. The van der Waals surface area contributed by atoms with E-state index in [1.807, 2.05) is 19.1 Å². The maximum absolute atomic E-state index is 12.0. The molecule has 20 heavy (non-hydrogen) atoms. The number of benzene rings is 1. The number of halogens is 2. The number of amides is 1. The van der Waals surface area contributed by atoms with Gasteiger partial charge in [-0.25, -0.2) is 0 Å². The van der Waals surface area contributed by atoms with E-state index in [0.29, 0.717) is 37.1 Å². The van der Waals surface area contributed by atoms with Gasteiger partial charge in [0, 0.05) is 13.7 Å². The summed E-state index contributed by atoms with van der Waals surface area (Å²) in [6.07, 6.45) is 0. The molecule has 0 saturated carbocycles. The lowest BCUT2D eigenvalue weighted by molar-refractivity contribution is -0.116. The number of hydrogen-bond acceptors (Lipinski definition) is 3. The van der Waals surface area contributed by atoms with E-state index >= 15 is 0 Å². The topological polar surface area (TPSA) is 38.8 Å². The molecule has 0 aliphatic rings. The third-order valence-electron chi connectivity index (χ3n) is 2.76. The summed E-state index contributed by atoms with van der Waals surface area (Å²) in [5.41, 5.74) is 1.61. The Balaban J connectivity index is 2.77. The van der Waals surface area contributed by atoms with Crippen LogP contribution in [-0.2, 0) is 14.3 Å². The van der Waals surface area contributed by atoms with Crippen LogP contribution in [0.5, 0.6) is 0 Å². The Bertz CT molecular complexity index is 420. The smallest absolute Gasteiger partial charge is 0.242 e. The number of ether oxygens (including phenoxy) is 2. The third kappa shape index (κ3) is 4.94. The van der Waals surface area contributed by atoms with Crippen LogP contribution in [0.1, 0.15) is 5.56 Å². The monoisotopic (exact) mass is 319 g/mol. The summed E-state index contributed by atoms with van der Waals surface area (Å²) >= 11 is 11.9. The molecule has 4 nitrogen and oxygen atoms in total. The summed E-state index contributed by atoms with van der Waals surface area (Å²) in [7, 11) is 1.61. The predicted molar refractivity (Wildman–Crippen MR) is 82.0 cm³/mol. The molecule has 1 aromatic rings. The second-order valence-corrected chi connectivity index (χ2v) is 4.86. The lowest BCUT2D eigenvalue weighted by atomic mass is 10.2. The first-order valence-corrected chi connectivity index (χ1v) is 7.21. The lowest BCUT2D eigenvalue weighted by Crippen LogP contribution is -2.36. The van der Waals surface area contributed by atoms with Gasteiger partial charge in [-0.1, -0.05) is 23.7 Å². The van der Waals surface area contributed by atoms with Crippen molar-refractivity contribution in [3.8, 4) is 0 Å². The standard InChI is InChI=1S/C14H19Cl2NO3/c1-11-4-3-5-12(16)14(11)17(13(18)10-15)6-7-20-9-8-19-2/h3-5H,6-10H2,1-2H3. The molecule has 0 aliphatic carbocycles. The van der Waals surface area contributed by atoms with Gasteiger partial charge in [0.05, 0.1) is 30.5 Å².